The number of hydrogen-bond acceptors (Lipinski definition) is 5. The van der Waals surface area contributed by atoms with Crippen LogP contribution in [0.15, 0.2) is 28.1 Å². The number of thiophene rings is 1. The van der Waals surface area contributed by atoms with E-state index in [1.807, 2.05) is 22.4 Å². The van der Waals surface area contributed by atoms with Crippen LogP contribution >= 0.6 is 11.3 Å². The Morgan fingerprint density at radius 2 is 2.36 bits per heavy atom. The molecule has 1 atom stereocenters. The van der Waals surface area contributed by atoms with Gasteiger partial charge in [-0.05, 0) is 36.6 Å². The molecular weight excluding hydrogens is 300 g/mol. The van der Waals surface area contributed by atoms with E-state index in [-0.39, 0.29) is 12.0 Å². The van der Waals surface area contributed by atoms with Gasteiger partial charge in [-0.2, -0.15) is 0 Å². The monoisotopic (exact) mass is 318 g/mol. The van der Waals surface area contributed by atoms with Crippen LogP contribution in [0.5, 0.6) is 0 Å². The van der Waals surface area contributed by atoms with Gasteiger partial charge in [-0.15, -0.1) is 11.3 Å². The Balaban J connectivity index is 1.37. The van der Waals surface area contributed by atoms with Crippen molar-refractivity contribution in [3.8, 4) is 10.6 Å². The van der Waals surface area contributed by atoms with Gasteiger partial charge >= 0.3 is 0 Å². The van der Waals surface area contributed by atoms with Crippen molar-refractivity contribution in [3.05, 3.63) is 29.3 Å². The third-order valence-electron chi connectivity index (χ3n) is 4.19. The van der Waals surface area contributed by atoms with Crippen LogP contribution in [0.2, 0.25) is 0 Å². The second-order valence-corrected chi connectivity index (χ2v) is 6.94. The zero-order chi connectivity index (χ0) is 14.9. The maximum absolute atomic E-state index is 12.5. The molecule has 2 aromatic rings. The highest BCUT2D eigenvalue weighted by Crippen LogP contribution is 2.30. The van der Waals surface area contributed by atoms with Gasteiger partial charge in [-0.1, -0.05) is 11.2 Å². The van der Waals surface area contributed by atoms with Crippen LogP contribution in [0, 0.1) is 5.92 Å². The molecular formula is C16H18N2O3S. The van der Waals surface area contributed by atoms with Crippen molar-refractivity contribution >= 4 is 17.2 Å². The first-order chi connectivity index (χ1) is 10.8. The van der Waals surface area contributed by atoms with Gasteiger partial charge in [0, 0.05) is 25.8 Å². The van der Waals surface area contributed by atoms with Crippen LogP contribution in [0.3, 0.4) is 0 Å². The van der Waals surface area contributed by atoms with Gasteiger partial charge in [0.2, 0.25) is 0 Å². The number of carbonyl (C=O) groups is 1. The summed E-state index contributed by atoms with van der Waals surface area (Å²) in [5, 5.41) is 5.90. The zero-order valence-corrected chi connectivity index (χ0v) is 13.1. The van der Waals surface area contributed by atoms with Crippen molar-refractivity contribution in [1.29, 1.82) is 0 Å². The van der Waals surface area contributed by atoms with Gasteiger partial charge in [0.25, 0.3) is 5.91 Å². The molecule has 1 aliphatic carbocycles. The van der Waals surface area contributed by atoms with E-state index < -0.39 is 0 Å². The first-order valence-corrected chi connectivity index (χ1v) is 8.59. The maximum Gasteiger partial charge on any atom is 0.276 e. The van der Waals surface area contributed by atoms with E-state index in [1.54, 1.807) is 17.4 Å². The molecule has 1 unspecified atom stereocenters. The number of likely N-dealkylation sites (tertiary alicyclic amines) is 1. The molecule has 22 heavy (non-hydrogen) atoms. The molecule has 0 aromatic carbocycles. The molecule has 1 saturated carbocycles. The van der Waals surface area contributed by atoms with Gasteiger partial charge in [-0.3, -0.25) is 4.79 Å². The third kappa shape index (κ3) is 2.94. The lowest BCUT2D eigenvalue weighted by Crippen LogP contribution is -2.30. The molecule has 0 N–H and O–H groups in total. The molecule has 4 rings (SSSR count). The molecule has 2 aliphatic rings. The highest BCUT2D eigenvalue weighted by atomic mass is 32.1. The predicted molar refractivity (Wildman–Crippen MR) is 82.8 cm³/mol. The fourth-order valence-corrected chi connectivity index (χ4v) is 3.35. The number of aromatic nitrogens is 1. The van der Waals surface area contributed by atoms with Crippen LogP contribution in [0.1, 0.15) is 29.8 Å². The summed E-state index contributed by atoms with van der Waals surface area (Å²) in [5.74, 6) is 1.34. The average molecular weight is 318 g/mol. The van der Waals surface area contributed by atoms with E-state index in [0.29, 0.717) is 18.0 Å². The lowest BCUT2D eigenvalue weighted by atomic mass is 10.3. The first-order valence-electron chi connectivity index (χ1n) is 7.71. The third-order valence-corrected chi connectivity index (χ3v) is 5.07. The second kappa shape index (κ2) is 5.85. The summed E-state index contributed by atoms with van der Waals surface area (Å²) in [6.07, 6.45) is 3.67. The summed E-state index contributed by atoms with van der Waals surface area (Å²) in [4.78, 5) is 15.3. The minimum atomic E-state index is -0.0657. The van der Waals surface area contributed by atoms with Crippen molar-refractivity contribution < 1.29 is 14.1 Å². The zero-order valence-electron chi connectivity index (χ0n) is 12.2. The molecule has 1 amide bonds. The molecule has 0 bridgehead atoms. The van der Waals surface area contributed by atoms with Gasteiger partial charge in [0.1, 0.15) is 0 Å². The topological polar surface area (TPSA) is 55.6 Å². The van der Waals surface area contributed by atoms with Gasteiger partial charge < -0.3 is 14.2 Å². The van der Waals surface area contributed by atoms with Crippen molar-refractivity contribution in [2.75, 3.05) is 19.7 Å². The highest BCUT2D eigenvalue weighted by Gasteiger charge is 2.31. The number of ether oxygens (including phenoxy) is 1. The maximum atomic E-state index is 12.5. The molecule has 5 nitrogen and oxygen atoms in total. The Bertz CT molecular complexity index is 648. The van der Waals surface area contributed by atoms with Crippen molar-refractivity contribution in [3.63, 3.8) is 0 Å². The van der Waals surface area contributed by atoms with Crippen LogP contribution < -0.4 is 0 Å². The summed E-state index contributed by atoms with van der Waals surface area (Å²) in [5.41, 5.74) is 0.381. The number of rotatable bonds is 5. The number of amides is 1. The summed E-state index contributed by atoms with van der Waals surface area (Å²) in [6, 6.07) is 5.63. The van der Waals surface area contributed by atoms with E-state index in [4.69, 9.17) is 9.26 Å². The Labute approximate surface area is 132 Å². The largest absolute Gasteiger partial charge is 0.376 e. The number of carbonyl (C=O) groups excluding carboxylic acids is 1. The summed E-state index contributed by atoms with van der Waals surface area (Å²) in [6.45, 7) is 2.24. The van der Waals surface area contributed by atoms with E-state index in [1.165, 1.54) is 12.8 Å². The standard InChI is InChI=1S/C16H18N2O3S/c19-16(13-8-14(21-17-13)15-2-1-7-22-15)18-6-5-12(9-18)20-10-11-3-4-11/h1-2,7-8,11-12H,3-6,9-10H2. The minimum Gasteiger partial charge on any atom is -0.376 e. The van der Waals surface area contributed by atoms with Crippen LogP contribution in [0.25, 0.3) is 10.6 Å². The fourth-order valence-electron chi connectivity index (χ4n) is 2.68. The van der Waals surface area contributed by atoms with Gasteiger partial charge in [0.15, 0.2) is 11.5 Å². The Morgan fingerprint density at radius 1 is 1.45 bits per heavy atom. The predicted octanol–water partition coefficient (Wildman–Crippen LogP) is 3.04. The molecule has 2 aromatic heterocycles. The van der Waals surface area contributed by atoms with E-state index in [9.17, 15) is 4.79 Å². The molecule has 3 heterocycles. The molecule has 1 saturated heterocycles. The molecule has 0 spiro atoms. The fraction of sp³-hybridized carbons (Fsp3) is 0.500. The van der Waals surface area contributed by atoms with Crippen LogP contribution in [0.4, 0.5) is 0 Å². The van der Waals surface area contributed by atoms with E-state index in [0.717, 1.165) is 30.4 Å². The van der Waals surface area contributed by atoms with Crippen molar-refractivity contribution in [1.82, 2.24) is 10.1 Å². The molecule has 1 aliphatic heterocycles. The molecule has 116 valence electrons. The first kappa shape index (κ1) is 14.0. The van der Waals surface area contributed by atoms with Crippen molar-refractivity contribution in [2.24, 2.45) is 5.92 Å². The summed E-state index contributed by atoms with van der Waals surface area (Å²) in [7, 11) is 0. The molecule has 0 radical (unpaired) electrons. The lowest BCUT2D eigenvalue weighted by Gasteiger charge is -2.15. The quantitative estimate of drug-likeness (QED) is 0.850. The minimum absolute atomic E-state index is 0.0657. The normalized spacial score (nSPS) is 21.5. The molecule has 6 heteroatoms. The van der Waals surface area contributed by atoms with Gasteiger partial charge in [-0.25, -0.2) is 0 Å². The number of hydrogen-bond donors (Lipinski definition) is 0. The highest BCUT2D eigenvalue weighted by molar-refractivity contribution is 7.13. The van der Waals surface area contributed by atoms with E-state index >= 15 is 0 Å². The van der Waals surface area contributed by atoms with Crippen molar-refractivity contribution in [2.45, 2.75) is 25.4 Å². The summed E-state index contributed by atoms with van der Waals surface area (Å²) >= 11 is 1.57. The smallest absolute Gasteiger partial charge is 0.276 e. The average Bonchev–Trinajstić information content (AvgIpc) is 3.01. The van der Waals surface area contributed by atoms with Crippen LogP contribution in [-0.4, -0.2) is 41.8 Å². The Kier molecular flexibility index (Phi) is 3.72. The Hall–Kier alpha value is -1.66. The van der Waals surface area contributed by atoms with Crippen LogP contribution in [-0.2, 0) is 4.74 Å². The van der Waals surface area contributed by atoms with Gasteiger partial charge in [0.05, 0.1) is 11.0 Å². The Morgan fingerprint density at radius 3 is 3.14 bits per heavy atom. The number of nitrogens with zero attached hydrogens (tertiary/aromatic N) is 2. The summed E-state index contributed by atoms with van der Waals surface area (Å²) < 4.78 is 11.2. The second-order valence-electron chi connectivity index (χ2n) is 5.99. The molecule has 2 fully saturated rings. The lowest BCUT2D eigenvalue weighted by molar-refractivity contribution is 0.0478. The van der Waals surface area contributed by atoms with E-state index in [2.05, 4.69) is 5.16 Å². The SMILES string of the molecule is O=C(c1cc(-c2cccs2)on1)N1CCC(OCC2CC2)C1.